The van der Waals surface area contributed by atoms with E-state index in [1.807, 2.05) is 19.1 Å². The van der Waals surface area contributed by atoms with E-state index in [4.69, 9.17) is 18.5 Å². The molecule has 0 aliphatic heterocycles. The van der Waals surface area contributed by atoms with Gasteiger partial charge in [-0.25, -0.2) is 0 Å². The smallest absolute Gasteiger partial charge is 0.330 e. The van der Waals surface area contributed by atoms with Gasteiger partial charge in [-0.05, 0) is 37.5 Å². The molecule has 2 unspecified atom stereocenters. The molecule has 2 atom stereocenters. The van der Waals surface area contributed by atoms with Gasteiger partial charge in [-0.1, -0.05) is 89.7 Å². The highest BCUT2D eigenvalue weighted by Gasteiger charge is 2.16. The number of carbonyl (C=O) groups is 1. The summed E-state index contributed by atoms with van der Waals surface area (Å²) in [5.41, 5.74) is 1.31. The van der Waals surface area contributed by atoms with Crippen LogP contribution in [0.25, 0.3) is 0 Å². The highest BCUT2D eigenvalue weighted by Crippen LogP contribution is 2.32. The summed E-state index contributed by atoms with van der Waals surface area (Å²) >= 11 is 0. The summed E-state index contributed by atoms with van der Waals surface area (Å²) in [5.74, 6) is 0.713. The van der Waals surface area contributed by atoms with Gasteiger partial charge < -0.3 is 28.7 Å². The van der Waals surface area contributed by atoms with Crippen molar-refractivity contribution in [3.05, 3.63) is 29.8 Å². The Kier molecular flexibility index (Phi) is 22.0. The number of rotatable bonds is 26. The van der Waals surface area contributed by atoms with Gasteiger partial charge in [0.15, 0.2) is 6.10 Å². The molecule has 208 valence electrons. The molecule has 1 aromatic rings. The van der Waals surface area contributed by atoms with Gasteiger partial charge in [0, 0.05) is 0 Å². The van der Waals surface area contributed by atoms with Gasteiger partial charge in [-0.3, -0.25) is 4.79 Å². The van der Waals surface area contributed by atoms with Gasteiger partial charge in [0.05, 0.1) is 19.7 Å². The van der Waals surface area contributed by atoms with Crippen molar-refractivity contribution in [1.82, 2.24) is 0 Å². The van der Waals surface area contributed by atoms with Crippen LogP contribution in [-0.4, -0.2) is 50.4 Å². The highest BCUT2D eigenvalue weighted by atomic mass is 31.2. The molecule has 0 bridgehead atoms. The average Bonchev–Trinajstić information content (AvgIpc) is 2.89. The predicted octanol–water partition coefficient (Wildman–Crippen LogP) is 5.69. The lowest BCUT2D eigenvalue weighted by atomic mass is 10.0. The molecule has 7 nitrogen and oxygen atoms in total. The average molecular weight is 529 g/mol. The van der Waals surface area contributed by atoms with E-state index in [1.165, 1.54) is 82.6 Å². The van der Waals surface area contributed by atoms with Gasteiger partial charge in [0.25, 0.3) is 6.47 Å². The number of hydrogen-bond acceptors (Lipinski definition) is 6. The summed E-state index contributed by atoms with van der Waals surface area (Å²) in [6.45, 7) is 6.95. The SMILES string of the molecule is CCCCCCCCCCCCCCc1ccc(OCC(COP(O)OCC[NH2+]CC)OC=O)cc1. The molecule has 0 aliphatic rings. The summed E-state index contributed by atoms with van der Waals surface area (Å²) in [7, 11) is -2.00. The number of hydrogen-bond donors (Lipinski definition) is 2. The monoisotopic (exact) mass is 528 g/mol. The summed E-state index contributed by atoms with van der Waals surface area (Å²) in [6.07, 6.45) is 16.8. The molecule has 8 heteroatoms. The fraction of sp³-hybridized carbons (Fsp3) is 0.750. The minimum Gasteiger partial charge on any atom is -0.490 e. The van der Waals surface area contributed by atoms with Crippen LogP contribution in [0.1, 0.15) is 96.5 Å². The van der Waals surface area contributed by atoms with Gasteiger partial charge in [-0.2, -0.15) is 0 Å². The van der Waals surface area contributed by atoms with Crippen LogP contribution in [0.5, 0.6) is 5.75 Å². The highest BCUT2D eigenvalue weighted by molar-refractivity contribution is 7.40. The maximum atomic E-state index is 10.8. The molecule has 1 rings (SSSR count). The number of quaternary nitrogens is 1. The van der Waals surface area contributed by atoms with E-state index in [2.05, 4.69) is 24.4 Å². The molecule has 0 spiro atoms. The minimum atomic E-state index is -2.00. The summed E-state index contributed by atoms with van der Waals surface area (Å²) < 4.78 is 21.3. The molecule has 0 saturated heterocycles. The fourth-order valence-electron chi connectivity index (χ4n) is 3.92. The third kappa shape index (κ3) is 18.9. The van der Waals surface area contributed by atoms with Crippen molar-refractivity contribution in [3.63, 3.8) is 0 Å². The predicted molar refractivity (Wildman–Crippen MR) is 146 cm³/mol. The lowest BCUT2D eigenvalue weighted by molar-refractivity contribution is -0.652. The zero-order valence-electron chi connectivity index (χ0n) is 22.7. The quantitative estimate of drug-likeness (QED) is 0.0913. The maximum absolute atomic E-state index is 10.8. The number of unbranched alkanes of at least 4 members (excludes halogenated alkanes) is 11. The fourth-order valence-corrected chi connectivity index (χ4v) is 4.55. The second-order valence-electron chi connectivity index (χ2n) is 9.30. The Morgan fingerprint density at radius 1 is 0.861 bits per heavy atom. The lowest BCUT2D eigenvalue weighted by Crippen LogP contribution is -2.84. The molecule has 0 fully saturated rings. The van der Waals surface area contributed by atoms with E-state index in [1.54, 1.807) is 0 Å². The molecule has 36 heavy (non-hydrogen) atoms. The Hall–Kier alpha value is -1.24. The van der Waals surface area contributed by atoms with Crippen molar-refractivity contribution in [2.45, 2.75) is 103 Å². The van der Waals surface area contributed by atoms with Crippen LogP contribution >= 0.6 is 8.60 Å². The summed E-state index contributed by atoms with van der Waals surface area (Å²) in [6, 6.07) is 8.07. The molecular formula is C28H51NO6P+. The van der Waals surface area contributed by atoms with Gasteiger partial charge in [0.1, 0.15) is 19.0 Å². The first-order valence-corrected chi connectivity index (χ1v) is 15.2. The molecule has 0 aromatic heterocycles. The number of benzene rings is 1. The number of nitrogens with two attached hydrogens (primary N) is 1. The minimum absolute atomic E-state index is 0.00940. The van der Waals surface area contributed by atoms with E-state index in [-0.39, 0.29) is 13.2 Å². The molecule has 0 amide bonds. The molecule has 0 heterocycles. The largest absolute Gasteiger partial charge is 0.490 e. The topological polar surface area (TPSA) is 90.8 Å². The van der Waals surface area contributed by atoms with E-state index in [0.29, 0.717) is 18.8 Å². The van der Waals surface area contributed by atoms with Crippen LogP contribution in [0, 0.1) is 0 Å². The van der Waals surface area contributed by atoms with Crippen molar-refractivity contribution >= 4 is 15.1 Å². The molecule has 3 N–H and O–H groups in total. The van der Waals surface area contributed by atoms with Gasteiger partial charge in [-0.15, -0.1) is 0 Å². The summed E-state index contributed by atoms with van der Waals surface area (Å²) in [4.78, 5) is 20.6. The molecule has 0 radical (unpaired) electrons. The zero-order chi connectivity index (χ0) is 26.1. The maximum Gasteiger partial charge on any atom is 0.330 e. The Bertz CT molecular complexity index is 619. The normalized spacial score (nSPS) is 12.9. The van der Waals surface area contributed by atoms with Gasteiger partial charge in [0.2, 0.25) is 0 Å². The van der Waals surface area contributed by atoms with Crippen molar-refractivity contribution in [2.75, 3.05) is 32.9 Å². The number of aryl methyl sites for hydroxylation is 1. The number of ether oxygens (including phenoxy) is 2. The van der Waals surface area contributed by atoms with Crippen molar-refractivity contribution < 1.29 is 33.5 Å². The van der Waals surface area contributed by atoms with Crippen LogP contribution < -0.4 is 10.1 Å². The second kappa shape index (κ2) is 24.1. The zero-order valence-corrected chi connectivity index (χ0v) is 23.6. The Morgan fingerprint density at radius 2 is 1.47 bits per heavy atom. The van der Waals surface area contributed by atoms with Crippen molar-refractivity contribution in [1.29, 1.82) is 0 Å². The van der Waals surface area contributed by atoms with Crippen LogP contribution in [0.2, 0.25) is 0 Å². The Morgan fingerprint density at radius 3 is 2.06 bits per heavy atom. The summed E-state index contributed by atoms with van der Waals surface area (Å²) in [5, 5.41) is 2.07. The van der Waals surface area contributed by atoms with Crippen LogP contribution in [0.4, 0.5) is 0 Å². The Labute approximate surface area is 220 Å². The van der Waals surface area contributed by atoms with E-state index >= 15 is 0 Å². The first kappa shape index (κ1) is 32.8. The standard InChI is InChI=1S/C28H50NO6P/c1-3-5-6-7-8-9-10-11-12-13-14-15-16-26-17-19-27(20-18-26)32-23-28(33-25-30)24-35-36(31)34-22-21-29-4-2/h17-20,25,28-29,31H,3-16,21-24H2,1-2H3/p+1. The molecule has 1 aromatic carbocycles. The molecule has 0 saturated carbocycles. The lowest BCUT2D eigenvalue weighted by Gasteiger charge is -2.18. The van der Waals surface area contributed by atoms with Gasteiger partial charge >= 0.3 is 8.60 Å². The van der Waals surface area contributed by atoms with E-state index in [9.17, 15) is 9.69 Å². The first-order chi connectivity index (χ1) is 17.7. The first-order valence-electron chi connectivity index (χ1n) is 14.1. The van der Waals surface area contributed by atoms with Crippen LogP contribution in [0.15, 0.2) is 24.3 Å². The van der Waals surface area contributed by atoms with E-state index < -0.39 is 14.7 Å². The third-order valence-corrected chi connectivity index (χ3v) is 6.88. The third-order valence-electron chi connectivity index (χ3n) is 6.11. The molecular weight excluding hydrogens is 477 g/mol. The molecule has 0 aliphatic carbocycles. The van der Waals surface area contributed by atoms with E-state index in [0.717, 1.165) is 19.5 Å². The van der Waals surface area contributed by atoms with Crippen LogP contribution in [0.3, 0.4) is 0 Å². The number of carbonyl (C=O) groups excluding carboxylic acids is 1. The Balaban J connectivity index is 2.12. The van der Waals surface area contributed by atoms with Crippen molar-refractivity contribution in [3.8, 4) is 5.75 Å². The van der Waals surface area contributed by atoms with Crippen molar-refractivity contribution in [2.24, 2.45) is 0 Å². The second-order valence-corrected chi connectivity index (χ2v) is 10.3. The van der Waals surface area contributed by atoms with Crippen LogP contribution in [-0.2, 0) is 25.0 Å². The number of likely N-dealkylation sites (N-methyl/N-ethyl adjacent to an activating group) is 1.